The van der Waals surface area contributed by atoms with Gasteiger partial charge < -0.3 is 10.2 Å². The number of nitrogens with zero attached hydrogens (tertiary/aromatic N) is 3. The van der Waals surface area contributed by atoms with Crippen molar-refractivity contribution >= 4 is 22.5 Å². The van der Waals surface area contributed by atoms with Crippen molar-refractivity contribution in [3.05, 3.63) is 36.5 Å². The first kappa shape index (κ1) is 16.3. The predicted molar refractivity (Wildman–Crippen MR) is 101 cm³/mol. The molecule has 1 N–H and O–H groups in total. The predicted octanol–water partition coefficient (Wildman–Crippen LogP) is 2.73. The van der Waals surface area contributed by atoms with Gasteiger partial charge >= 0.3 is 0 Å². The van der Waals surface area contributed by atoms with Crippen molar-refractivity contribution < 1.29 is 4.79 Å². The SMILES string of the molecule is C[C@@H]1CCCN1C(=O)CN1CC[C@@H](Nc2cccc3ncccc23)C1. The van der Waals surface area contributed by atoms with Gasteiger partial charge in [0.1, 0.15) is 0 Å². The molecule has 2 saturated heterocycles. The van der Waals surface area contributed by atoms with Crippen LogP contribution in [-0.2, 0) is 4.79 Å². The molecule has 2 aliphatic heterocycles. The number of rotatable bonds is 4. The molecule has 2 aromatic rings. The Hall–Kier alpha value is -2.14. The van der Waals surface area contributed by atoms with E-state index >= 15 is 0 Å². The Balaban J connectivity index is 1.37. The van der Waals surface area contributed by atoms with E-state index in [1.807, 2.05) is 24.4 Å². The van der Waals surface area contributed by atoms with Crippen LogP contribution in [-0.4, -0.2) is 59.0 Å². The molecule has 2 fully saturated rings. The Morgan fingerprint density at radius 2 is 2.16 bits per heavy atom. The topological polar surface area (TPSA) is 48.5 Å². The molecule has 25 heavy (non-hydrogen) atoms. The highest BCUT2D eigenvalue weighted by atomic mass is 16.2. The lowest BCUT2D eigenvalue weighted by Gasteiger charge is -2.24. The first-order valence-corrected chi connectivity index (χ1v) is 9.33. The van der Waals surface area contributed by atoms with E-state index in [0.717, 1.165) is 55.5 Å². The van der Waals surface area contributed by atoms with E-state index in [2.05, 4.69) is 39.2 Å². The van der Waals surface area contributed by atoms with Gasteiger partial charge in [-0.2, -0.15) is 0 Å². The molecule has 1 aromatic heterocycles. The average Bonchev–Trinajstić information content (AvgIpc) is 3.24. The average molecular weight is 338 g/mol. The van der Waals surface area contributed by atoms with Crippen molar-refractivity contribution in [3.8, 4) is 0 Å². The number of likely N-dealkylation sites (tertiary alicyclic amines) is 2. The van der Waals surface area contributed by atoms with Gasteiger partial charge in [0, 0.05) is 49.0 Å². The summed E-state index contributed by atoms with van der Waals surface area (Å²) >= 11 is 0. The standard InChI is InChI=1S/C20H26N4O/c1-15-5-4-11-24(15)20(25)14-23-12-9-16(13-23)22-19-8-2-7-18-17(19)6-3-10-21-18/h2-3,6-8,10,15-16,22H,4-5,9,11-14H2,1H3/t15-,16-/m1/s1. The summed E-state index contributed by atoms with van der Waals surface area (Å²) < 4.78 is 0. The van der Waals surface area contributed by atoms with Crippen molar-refractivity contribution in [2.45, 2.75) is 38.3 Å². The summed E-state index contributed by atoms with van der Waals surface area (Å²) in [6, 6.07) is 11.1. The van der Waals surface area contributed by atoms with E-state index < -0.39 is 0 Å². The number of carbonyl (C=O) groups excluding carboxylic acids is 1. The first-order valence-electron chi connectivity index (χ1n) is 9.33. The Bertz CT molecular complexity index is 757. The minimum Gasteiger partial charge on any atom is -0.380 e. The summed E-state index contributed by atoms with van der Waals surface area (Å²) in [5.74, 6) is 0.292. The molecule has 0 unspecified atom stereocenters. The zero-order chi connectivity index (χ0) is 17.2. The lowest BCUT2D eigenvalue weighted by atomic mass is 10.1. The van der Waals surface area contributed by atoms with E-state index in [1.165, 1.54) is 0 Å². The van der Waals surface area contributed by atoms with E-state index in [0.29, 0.717) is 24.5 Å². The maximum absolute atomic E-state index is 12.5. The Labute approximate surface area is 149 Å². The molecule has 0 radical (unpaired) electrons. The fraction of sp³-hybridized carbons (Fsp3) is 0.500. The van der Waals surface area contributed by atoms with Crippen LogP contribution in [0.1, 0.15) is 26.2 Å². The molecule has 5 nitrogen and oxygen atoms in total. The highest BCUT2D eigenvalue weighted by molar-refractivity contribution is 5.91. The second-order valence-corrected chi connectivity index (χ2v) is 7.32. The molecule has 1 aromatic carbocycles. The molecule has 1 amide bonds. The second kappa shape index (κ2) is 7.00. The first-order chi connectivity index (χ1) is 12.2. The lowest BCUT2D eigenvalue weighted by molar-refractivity contribution is -0.132. The fourth-order valence-electron chi connectivity index (χ4n) is 4.13. The van der Waals surface area contributed by atoms with Crippen LogP contribution in [0.2, 0.25) is 0 Å². The number of amides is 1. The molecule has 2 aliphatic rings. The molecular formula is C20H26N4O. The van der Waals surface area contributed by atoms with Gasteiger partial charge in [-0.05, 0) is 50.5 Å². The highest BCUT2D eigenvalue weighted by Crippen LogP contribution is 2.24. The summed E-state index contributed by atoms with van der Waals surface area (Å²) in [7, 11) is 0. The molecular weight excluding hydrogens is 312 g/mol. The zero-order valence-corrected chi connectivity index (χ0v) is 14.8. The van der Waals surface area contributed by atoms with Crippen LogP contribution in [0.15, 0.2) is 36.5 Å². The van der Waals surface area contributed by atoms with Crippen LogP contribution in [0, 0.1) is 0 Å². The quantitative estimate of drug-likeness (QED) is 0.931. The van der Waals surface area contributed by atoms with E-state index in [1.54, 1.807) is 0 Å². The molecule has 0 saturated carbocycles. The van der Waals surface area contributed by atoms with Crippen molar-refractivity contribution in [1.82, 2.24) is 14.8 Å². The number of hydrogen-bond donors (Lipinski definition) is 1. The van der Waals surface area contributed by atoms with Gasteiger partial charge in [-0.15, -0.1) is 0 Å². The molecule has 0 aliphatic carbocycles. The van der Waals surface area contributed by atoms with E-state index in [4.69, 9.17) is 0 Å². The van der Waals surface area contributed by atoms with Gasteiger partial charge in [-0.25, -0.2) is 0 Å². The van der Waals surface area contributed by atoms with Gasteiger partial charge in [0.05, 0.1) is 12.1 Å². The number of carbonyl (C=O) groups is 1. The number of pyridine rings is 1. The Kier molecular flexibility index (Phi) is 4.57. The number of aromatic nitrogens is 1. The van der Waals surface area contributed by atoms with Crippen molar-refractivity contribution in [2.24, 2.45) is 0 Å². The number of hydrogen-bond acceptors (Lipinski definition) is 4. The Morgan fingerprint density at radius 3 is 3.00 bits per heavy atom. The largest absolute Gasteiger partial charge is 0.380 e. The van der Waals surface area contributed by atoms with Crippen LogP contribution in [0.25, 0.3) is 10.9 Å². The van der Waals surface area contributed by atoms with Crippen molar-refractivity contribution in [2.75, 3.05) is 31.5 Å². The molecule has 3 heterocycles. The summed E-state index contributed by atoms with van der Waals surface area (Å²) in [6.45, 7) is 5.55. The van der Waals surface area contributed by atoms with Crippen LogP contribution in [0.4, 0.5) is 5.69 Å². The summed E-state index contributed by atoms with van der Waals surface area (Å²) in [5, 5.41) is 4.82. The third-order valence-corrected chi connectivity index (χ3v) is 5.51. The molecule has 5 heteroatoms. The second-order valence-electron chi connectivity index (χ2n) is 7.32. The minimum atomic E-state index is 0.292. The van der Waals surface area contributed by atoms with Crippen LogP contribution in [0.5, 0.6) is 0 Å². The van der Waals surface area contributed by atoms with Crippen molar-refractivity contribution in [1.29, 1.82) is 0 Å². The highest BCUT2D eigenvalue weighted by Gasteiger charge is 2.29. The van der Waals surface area contributed by atoms with E-state index in [-0.39, 0.29) is 0 Å². The summed E-state index contributed by atoms with van der Waals surface area (Å²) in [4.78, 5) is 21.3. The normalized spacial score (nSPS) is 24.1. The number of benzene rings is 1. The van der Waals surface area contributed by atoms with Gasteiger partial charge in [0.25, 0.3) is 0 Å². The summed E-state index contributed by atoms with van der Waals surface area (Å²) in [6.07, 6.45) is 5.19. The minimum absolute atomic E-state index is 0.292. The van der Waals surface area contributed by atoms with Gasteiger partial charge in [-0.3, -0.25) is 14.7 Å². The van der Waals surface area contributed by atoms with Gasteiger partial charge in [0.2, 0.25) is 5.91 Å². The lowest BCUT2D eigenvalue weighted by Crippen LogP contribution is -2.41. The molecule has 132 valence electrons. The van der Waals surface area contributed by atoms with E-state index in [9.17, 15) is 4.79 Å². The number of anilines is 1. The maximum atomic E-state index is 12.5. The molecule has 4 rings (SSSR count). The van der Waals surface area contributed by atoms with Crippen molar-refractivity contribution in [3.63, 3.8) is 0 Å². The van der Waals surface area contributed by atoms with Gasteiger partial charge in [-0.1, -0.05) is 6.07 Å². The van der Waals surface area contributed by atoms with Crippen LogP contribution >= 0.6 is 0 Å². The molecule has 0 spiro atoms. The van der Waals surface area contributed by atoms with Gasteiger partial charge in [0.15, 0.2) is 0 Å². The number of nitrogens with one attached hydrogen (secondary N) is 1. The van der Waals surface area contributed by atoms with Crippen LogP contribution < -0.4 is 5.32 Å². The Morgan fingerprint density at radius 1 is 1.24 bits per heavy atom. The third kappa shape index (κ3) is 3.47. The summed E-state index contributed by atoms with van der Waals surface area (Å²) in [5.41, 5.74) is 2.15. The smallest absolute Gasteiger partial charge is 0.236 e. The molecule has 2 atom stereocenters. The maximum Gasteiger partial charge on any atom is 0.236 e. The van der Waals surface area contributed by atoms with Crippen LogP contribution in [0.3, 0.4) is 0 Å². The fourth-order valence-corrected chi connectivity index (χ4v) is 4.13. The monoisotopic (exact) mass is 338 g/mol. The third-order valence-electron chi connectivity index (χ3n) is 5.51. The molecule has 0 bridgehead atoms. The number of fused-ring (bicyclic) bond motifs is 1. The zero-order valence-electron chi connectivity index (χ0n) is 14.8.